The van der Waals surface area contributed by atoms with E-state index in [0.717, 1.165) is 18.8 Å². The molecule has 1 fully saturated rings. The summed E-state index contributed by atoms with van der Waals surface area (Å²) in [5.74, 6) is 0.834. The average molecular weight is 225 g/mol. The van der Waals surface area contributed by atoms with Crippen LogP contribution in [-0.2, 0) is 4.84 Å². The first-order valence-corrected chi connectivity index (χ1v) is 6.42. The predicted octanol–water partition coefficient (Wildman–Crippen LogP) is 4.39. The van der Waals surface area contributed by atoms with E-state index in [0.29, 0.717) is 5.41 Å². The summed E-state index contributed by atoms with van der Waals surface area (Å²) in [4.78, 5) is 5.48. The SMILES string of the molecule is CC(C)(C)ON=C1CCC(C(C)(C)C)CC1. The number of nitrogens with zero attached hydrogens (tertiary/aromatic N) is 1. The Morgan fingerprint density at radius 3 is 1.88 bits per heavy atom. The van der Waals surface area contributed by atoms with Crippen molar-refractivity contribution in [1.29, 1.82) is 0 Å². The molecule has 0 aliphatic heterocycles. The topological polar surface area (TPSA) is 21.6 Å². The summed E-state index contributed by atoms with van der Waals surface area (Å²) in [7, 11) is 0. The van der Waals surface area contributed by atoms with Crippen molar-refractivity contribution in [2.45, 2.75) is 72.8 Å². The quantitative estimate of drug-likeness (QED) is 0.606. The summed E-state index contributed by atoms with van der Waals surface area (Å²) in [6.07, 6.45) is 4.74. The van der Waals surface area contributed by atoms with Gasteiger partial charge in [-0.05, 0) is 57.8 Å². The van der Waals surface area contributed by atoms with Gasteiger partial charge < -0.3 is 4.84 Å². The smallest absolute Gasteiger partial charge is 0.129 e. The number of hydrogen-bond donors (Lipinski definition) is 0. The minimum absolute atomic E-state index is 0.159. The Bertz CT molecular complexity index is 245. The molecule has 0 radical (unpaired) electrons. The van der Waals surface area contributed by atoms with E-state index < -0.39 is 0 Å². The van der Waals surface area contributed by atoms with Gasteiger partial charge in [-0.25, -0.2) is 0 Å². The van der Waals surface area contributed by atoms with E-state index in [1.807, 2.05) is 20.8 Å². The molecular weight excluding hydrogens is 198 g/mol. The Labute approximate surface area is 100 Å². The van der Waals surface area contributed by atoms with Gasteiger partial charge in [-0.2, -0.15) is 0 Å². The molecule has 94 valence electrons. The molecule has 0 heterocycles. The molecule has 1 rings (SSSR count). The van der Waals surface area contributed by atoms with Gasteiger partial charge in [0.05, 0.1) is 5.71 Å². The minimum Gasteiger partial charge on any atom is -0.390 e. The summed E-state index contributed by atoms with van der Waals surface area (Å²) >= 11 is 0. The van der Waals surface area contributed by atoms with Gasteiger partial charge in [-0.1, -0.05) is 25.9 Å². The van der Waals surface area contributed by atoms with Gasteiger partial charge in [-0.3, -0.25) is 0 Å². The highest BCUT2D eigenvalue weighted by molar-refractivity contribution is 5.84. The maximum atomic E-state index is 5.48. The monoisotopic (exact) mass is 225 g/mol. The number of hydrogen-bond acceptors (Lipinski definition) is 2. The Balaban J connectivity index is 2.43. The zero-order valence-corrected chi connectivity index (χ0v) is 11.8. The lowest BCUT2D eigenvalue weighted by Crippen LogP contribution is -2.26. The summed E-state index contributed by atoms with van der Waals surface area (Å²) in [5, 5.41) is 4.29. The van der Waals surface area contributed by atoms with Gasteiger partial charge in [0, 0.05) is 0 Å². The minimum atomic E-state index is -0.159. The van der Waals surface area contributed by atoms with Crippen LogP contribution in [0.3, 0.4) is 0 Å². The van der Waals surface area contributed by atoms with Crippen LogP contribution < -0.4 is 0 Å². The molecule has 0 amide bonds. The molecule has 0 aromatic carbocycles. The zero-order valence-electron chi connectivity index (χ0n) is 11.8. The van der Waals surface area contributed by atoms with E-state index in [9.17, 15) is 0 Å². The first kappa shape index (κ1) is 13.5. The van der Waals surface area contributed by atoms with Crippen LogP contribution in [0.4, 0.5) is 0 Å². The second-order valence-corrected chi connectivity index (χ2v) is 7.00. The number of oxime groups is 1. The first-order chi connectivity index (χ1) is 7.18. The lowest BCUT2D eigenvalue weighted by atomic mass is 9.72. The largest absolute Gasteiger partial charge is 0.390 e. The molecule has 16 heavy (non-hydrogen) atoms. The Hall–Kier alpha value is -0.530. The fourth-order valence-electron chi connectivity index (χ4n) is 2.11. The maximum absolute atomic E-state index is 5.48. The second kappa shape index (κ2) is 4.77. The Kier molecular flexibility index (Phi) is 4.03. The Morgan fingerprint density at radius 1 is 1.00 bits per heavy atom. The third kappa shape index (κ3) is 4.54. The fourth-order valence-corrected chi connectivity index (χ4v) is 2.11. The van der Waals surface area contributed by atoms with E-state index in [-0.39, 0.29) is 5.60 Å². The maximum Gasteiger partial charge on any atom is 0.129 e. The molecule has 0 bridgehead atoms. The molecule has 0 N–H and O–H groups in total. The standard InChI is InChI=1S/C14H27NO/c1-13(2,3)11-7-9-12(10-8-11)15-16-14(4,5)6/h11H,7-10H2,1-6H3. The van der Waals surface area contributed by atoms with Crippen molar-refractivity contribution < 1.29 is 4.84 Å². The van der Waals surface area contributed by atoms with E-state index in [1.165, 1.54) is 18.6 Å². The molecule has 0 spiro atoms. The van der Waals surface area contributed by atoms with E-state index >= 15 is 0 Å². The van der Waals surface area contributed by atoms with Gasteiger partial charge in [0.1, 0.15) is 5.60 Å². The normalized spacial score (nSPS) is 23.1. The lowest BCUT2D eigenvalue weighted by Gasteiger charge is -2.34. The molecule has 0 unspecified atom stereocenters. The molecule has 2 heteroatoms. The molecule has 0 saturated heterocycles. The summed E-state index contributed by atoms with van der Waals surface area (Å²) < 4.78 is 0. The highest BCUT2D eigenvalue weighted by Crippen LogP contribution is 2.36. The van der Waals surface area contributed by atoms with Crippen molar-refractivity contribution in [3.63, 3.8) is 0 Å². The second-order valence-electron chi connectivity index (χ2n) is 7.00. The van der Waals surface area contributed by atoms with Gasteiger partial charge in [0.15, 0.2) is 0 Å². The van der Waals surface area contributed by atoms with E-state index in [4.69, 9.17) is 4.84 Å². The molecule has 0 atom stereocenters. The predicted molar refractivity (Wildman–Crippen MR) is 69.7 cm³/mol. The van der Waals surface area contributed by atoms with Crippen LogP contribution in [0.1, 0.15) is 67.2 Å². The third-order valence-electron chi connectivity index (χ3n) is 3.24. The molecule has 1 aliphatic carbocycles. The van der Waals surface area contributed by atoms with Crippen LogP contribution in [0.15, 0.2) is 5.16 Å². The van der Waals surface area contributed by atoms with E-state index in [1.54, 1.807) is 0 Å². The zero-order chi connectivity index (χ0) is 12.4. The van der Waals surface area contributed by atoms with Gasteiger partial charge in [0.2, 0.25) is 0 Å². The van der Waals surface area contributed by atoms with Gasteiger partial charge in [0.25, 0.3) is 0 Å². The summed E-state index contributed by atoms with van der Waals surface area (Å²) in [5.41, 5.74) is 1.53. The van der Waals surface area contributed by atoms with E-state index in [2.05, 4.69) is 25.9 Å². The Morgan fingerprint density at radius 2 is 1.50 bits per heavy atom. The third-order valence-corrected chi connectivity index (χ3v) is 3.24. The highest BCUT2D eigenvalue weighted by Gasteiger charge is 2.28. The lowest BCUT2D eigenvalue weighted by molar-refractivity contribution is -0.000433. The molecule has 1 aliphatic rings. The molecule has 2 nitrogen and oxygen atoms in total. The molecular formula is C14H27NO. The van der Waals surface area contributed by atoms with Crippen molar-refractivity contribution in [2.24, 2.45) is 16.5 Å². The fraction of sp³-hybridized carbons (Fsp3) is 0.929. The summed E-state index contributed by atoms with van der Waals surface area (Å²) in [6.45, 7) is 13.1. The van der Waals surface area contributed by atoms with Crippen molar-refractivity contribution in [3.05, 3.63) is 0 Å². The van der Waals surface area contributed by atoms with Crippen LogP contribution in [0, 0.1) is 11.3 Å². The van der Waals surface area contributed by atoms with Crippen molar-refractivity contribution in [2.75, 3.05) is 0 Å². The average Bonchev–Trinajstić information content (AvgIpc) is 2.13. The highest BCUT2D eigenvalue weighted by atomic mass is 16.6. The van der Waals surface area contributed by atoms with Crippen LogP contribution in [0.25, 0.3) is 0 Å². The van der Waals surface area contributed by atoms with Crippen LogP contribution >= 0.6 is 0 Å². The van der Waals surface area contributed by atoms with Crippen LogP contribution in [0.5, 0.6) is 0 Å². The van der Waals surface area contributed by atoms with Gasteiger partial charge >= 0.3 is 0 Å². The molecule has 1 saturated carbocycles. The van der Waals surface area contributed by atoms with Crippen molar-refractivity contribution in [1.82, 2.24) is 0 Å². The summed E-state index contributed by atoms with van der Waals surface area (Å²) in [6, 6.07) is 0. The number of rotatable bonds is 1. The van der Waals surface area contributed by atoms with Gasteiger partial charge in [-0.15, -0.1) is 0 Å². The van der Waals surface area contributed by atoms with Crippen molar-refractivity contribution in [3.8, 4) is 0 Å². The van der Waals surface area contributed by atoms with Crippen molar-refractivity contribution >= 4 is 5.71 Å². The van der Waals surface area contributed by atoms with Crippen LogP contribution in [-0.4, -0.2) is 11.3 Å². The van der Waals surface area contributed by atoms with Crippen LogP contribution in [0.2, 0.25) is 0 Å². The molecule has 0 aromatic rings. The molecule has 0 aromatic heterocycles. The first-order valence-electron chi connectivity index (χ1n) is 6.42.